The van der Waals surface area contributed by atoms with Gasteiger partial charge in [0, 0.05) is 36.0 Å². The van der Waals surface area contributed by atoms with E-state index in [1.165, 1.54) is 44.9 Å². The molecule has 0 saturated heterocycles. The Morgan fingerprint density at radius 1 is 0.857 bits per heavy atom. The zero-order valence-corrected chi connectivity index (χ0v) is 16.2. The molecule has 119 valence electrons. The second-order valence-corrected chi connectivity index (χ2v) is 5.68. The van der Waals surface area contributed by atoms with Crippen LogP contribution >= 0.6 is 0 Å². The van der Waals surface area contributed by atoms with Gasteiger partial charge in [-0.25, -0.2) is 0 Å². The van der Waals surface area contributed by atoms with Gasteiger partial charge in [0.15, 0.2) is 0 Å². The molecule has 1 N–H and O–H groups in total. The first-order valence-electron chi connectivity index (χ1n) is 7.98. The number of hydrogen-bond donors (Lipinski definition) is 1. The molecule has 0 saturated carbocycles. The Bertz CT molecular complexity index is 272. The number of Topliss-reactive ketones (excluding diaryl/α,β-unsaturated/α-hetero) is 1. The molecule has 0 fully saturated rings. The van der Waals surface area contributed by atoms with Crippen LogP contribution in [0.15, 0.2) is 0 Å². The molecule has 1 radical (unpaired) electrons. The Hall–Kier alpha value is 0.100. The Labute approximate surface area is 152 Å². The molecule has 0 aromatic carbocycles. The van der Waals surface area contributed by atoms with Gasteiger partial charge >= 0.3 is 5.97 Å². The molecule has 0 aromatic rings. The maximum absolute atomic E-state index is 11.6. The number of unbranched alkanes of at least 4 members (excludes halogenated alkanes) is 8. The molecule has 0 atom stereocenters. The summed E-state index contributed by atoms with van der Waals surface area (Å²) >= 11 is 0. The summed E-state index contributed by atoms with van der Waals surface area (Å²) in [5.74, 6) is -0.736. The molecule has 0 unspecified atom stereocenters. The van der Waals surface area contributed by atoms with Gasteiger partial charge in [0.25, 0.3) is 0 Å². The fraction of sp³-hybridized carbons (Fsp3) is 0.875. The van der Waals surface area contributed by atoms with E-state index in [1.807, 2.05) is 0 Å². The smallest absolute Gasteiger partial charge is 0.317 e. The predicted octanol–water partition coefficient (Wildman–Crippen LogP) is 3.11. The van der Waals surface area contributed by atoms with E-state index >= 15 is 0 Å². The quantitative estimate of drug-likeness (QED) is 0.396. The second kappa shape index (κ2) is 16.5. The van der Waals surface area contributed by atoms with Crippen molar-refractivity contribution < 1.29 is 14.7 Å². The maximum Gasteiger partial charge on any atom is 0.317 e. The van der Waals surface area contributed by atoms with E-state index in [4.69, 9.17) is 5.11 Å². The molecular formula is C16H31NNaO3. The average Bonchev–Trinajstić information content (AvgIpc) is 2.35. The summed E-state index contributed by atoms with van der Waals surface area (Å²) in [5, 5.41) is 8.59. The van der Waals surface area contributed by atoms with E-state index in [2.05, 4.69) is 6.92 Å². The molecular weight excluding hydrogens is 277 g/mol. The van der Waals surface area contributed by atoms with Crippen molar-refractivity contribution in [3.8, 4) is 0 Å². The molecule has 4 nitrogen and oxygen atoms in total. The summed E-state index contributed by atoms with van der Waals surface area (Å²) in [4.78, 5) is 23.6. The zero-order valence-electron chi connectivity index (χ0n) is 14.2. The number of hydrogen-bond acceptors (Lipinski definition) is 3. The zero-order chi connectivity index (χ0) is 15.2. The molecule has 0 aliphatic heterocycles. The van der Waals surface area contributed by atoms with Crippen molar-refractivity contribution in [3.05, 3.63) is 0 Å². The molecule has 0 aliphatic carbocycles. The first kappa shape index (κ1) is 23.4. The third-order valence-corrected chi connectivity index (χ3v) is 3.41. The van der Waals surface area contributed by atoms with Crippen LogP contribution in [0.4, 0.5) is 0 Å². The summed E-state index contributed by atoms with van der Waals surface area (Å²) in [7, 11) is 1.67. The standard InChI is InChI=1S/C16H31NO3.Na/c1-3-4-5-6-7-8-9-10-11-12-15(18)13-17(2)14-16(19)20;/h3-14H2,1-2H3,(H,19,20);. The Morgan fingerprint density at radius 3 is 1.81 bits per heavy atom. The summed E-state index contributed by atoms with van der Waals surface area (Å²) < 4.78 is 0. The summed E-state index contributed by atoms with van der Waals surface area (Å²) in [5.41, 5.74) is 0. The van der Waals surface area contributed by atoms with Crippen LogP contribution in [0.1, 0.15) is 71.1 Å². The number of ketones is 1. The van der Waals surface area contributed by atoms with E-state index in [1.54, 1.807) is 11.9 Å². The summed E-state index contributed by atoms with van der Waals surface area (Å²) in [6.07, 6.45) is 11.8. The molecule has 0 aliphatic rings. The van der Waals surface area contributed by atoms with Gasteiger partial charge in [-0.15, -0.1) is 0 Å². The first-order valence-corrected chi connectivity index (χ1v) is 7.98. The van der Waals surface area contributed by atoms with Crippen molar-refractivity contribution in [2.75, 3.05) is 20.1 Å². The van der Waals surface area contributed by atoms with Gasteiger partial charge in [-0.05, 0) is 13.5 Å². The molecule has 0 aromatic heterocycles. The van der Waals surface area contributed by atoms with Gasteiger partial charge in [0.2, 0.25) is 0 Å². The van der Waals surface area contributed by atoms with E-state index in [0.29, 0.717) is 6.42 Å². The maximum atomic E-state index is 11.6. The number of nitrogens with zero attached hydrogens (tertiary/aromatic N) is 1. The number of carboxylic acid groups (broad SMARTS) is 1. The molecule has 0 rings (SSSR count). The van der Waals surface area contributed by atoms with Crippen LogP contribution in [0.25, 0.3) is 0 Å². The van der Waals surface area contributed by atoms with E-state index in [9.17, 15) is 9.59 Å². The molecule has 0 heterocycles. The number of aliphatic carboxylic acids is 1. The van der Waals surface area contributed by atoms with Crippen LogP contribution in [0.2, 0.25) is 0 Å². The van der Waals surface area contributed by atoms with E-state index < -0.39 is 5.97 Å². The largest absolute Gasteiger partial charge is 0.480 e. The summed E-state index contributed by atoms with van der Waals surface area (Å²) in [6, 6.07) is 0. The number of carboxylic acids is 1. The van der Waals surface area contributed by atoms with Crippen molar-refractivity contribution in [2.45, 2.75) is 71.1 Å². The Balaban J connectivity index is 0. The van der Waals surface area contributed by atoms with Crippen molar-refractivity contribution in [1.82, 2.24) is 4.90 Å². The third kappa shape index (κ3) is 18.1. The van der Waals surface area contributed by atoms with Crippen LogP contribution in [-0.2, 0) is 9.59 Å². The van der Waals surface area contributed by atoms with Crippen molar-refractivity contribution in [2.24, 2.45) is 0 Å². The predicted molar refractivity (Wildman–Crippen MR) is 87.7 cm³/mol. The number of likely N-dealkylation sites (N-methyl/N-ethyl adjacent to an activating group) is 1. The van der Waals surface area contributed by atoms with E-state index in [0.717, 1.165) is 12.8 Å². The van der Waals surface area contributed by atoms with Crippen LogP contribution in [0.3, 0.4) is 0 Å². The van der Waals surface area contributed by atoms with Crippen LogP contribution in [-0.4, -0.2) is 71.5 Å². The SMILES string of the molecule is CCCCCCCCCCCC(=O)CN(C)CC(=O)O.[Na]. The molecule has 0 bridgehead atoms. The number of carbonyl (C=O) groups excluding carboxylic acids is 1. The van der Waals surface area contributed by atoms with Crippen molar-refractivity contribution in [3.63, 3.8) is 0 Å². The average molecular weight is 308 g/mol. The third-order valence-electron chi connectivity index (χ3n) is 3.41. The minimum absolute atomic E-state index is 0. The molecule has 21 heavy (non-hydrogen) atoms. The topological polar surface area (TPSA) is 57.6 Å². The molecule has 5 heteroatoms. The molecule has 0 amide bonds. The van der Waals surface area contributed by atoms with Gasteiger partial charge in [0.1, 0.15) is 5.78 Å². The fourth-order valence-electron chi connectivity index (χ4n) is 2.30. The fourth-order valence-corrected chi connectivity index (χ4v) is 2.30. The van der Waals surface area contributed by atoms with Crippen LogP contribution in [0, 0.1) is 0 Å². The van der Waals surface area contributed by atoms with Crippen molar-refractivity contribution in [1.29, 1.82) is 0 Å². The van der Waals surface area contributed by atoms with Gasteiger partial charge < -0.3 is 5.11 Å². The van der Waals surface area contributed by atoms with Crippen LogP contribution in [0.5, 0.6) is 0 Å². The molecule has 0 spiro atoms. The Kier molecular flexibility index (Phi) is 18.3. The van der Waals surface area contributed by atoms with Gasteiger partial charge in [0.05, 0.1) is 13.1 Å². The van der Waals surface area contributed by atoms with Crippen molar-refractivity contribution >= 4 is 41.3 Å². The van der Waals surface area contributed by atoms with Gasteiger partial charge in [-0.2, -0.15) is 0 Å². The van der Waals surface area contributed by atoms with Crippen LogP contribution < -0.4 is 0 Å². The first-order chi connectivity index (χ1) is 9.56. The monoisotopic (exact) mass is 308 g/mol. The van der Waals surface area contributed by atoms with Gasteiger partial charge in [-0.3, -0.25) is 14.5 Å². The number of carbonyl (C=O) groups is 2. The Morgan fingerprint density at radius 2 is 1.33 bits per heavy atom. The van der Waals surface area contributed by atoms with E-state index in [-0.39, 0.29) is 48.4 Å². The normalized spacial score (nSPS) is 10.4. The minimum Gasteiger partial charge on any atom is -0.480 e. The van der Waals surface area contributed by atoms with Gasteiger partial charge in [-0.1, -0.05) is 58.3 Å². The second-order valence-electron chi connectivity index (χ2n) is 5.68. The number of rotatable bonds is 14. The summed E-state index contributed by atoms with van der Waals surface area (Å²) in [6.45, 7) is 2.41. The minimum atomic E-state index is -0.886.